The van der Waals surface area contributed by atoms with Crippen molar-refractivity contribution in [1.29, 1.82) is 0 Å². The van der Waals surface area contributed by atoms with E-state index in [1.807, 2.05) is 0 Å². The summed E-state index contributed by atoms with van der Waals surface area (Å²) < 4.78 is 28.5. The van der Waals surface area contributed by atoms with Crippen LogP contribution in [0.4, 0.5) is 0 Å². The Hall–Kier alpha value is -0.170. The molecule has 3 atom stereocenters. The summed E-state index contributed by atoms with van der Waals surface area (Å²) in [5, 5.41) is 0. The standard InChI is InChI=1S/C13H27N3O2S/c1-11-6-5-9-16(10-11)19(17,18)15(2)13-8-4-3-7-12(13)14/h11-13H,3-10,14H2,1-2H3. The van der Waals surface area contributed by atoms with Crippen LogP contribution in [0.1, 0.15) is 45.4 Å². The van der Waals surface area contributed by atoms with Crippen molar-refractivity contribution in [3.05, 3.63) is 0 Å². The van der Waals surface area contributed by atoms with Crippen molar-refractivity contribution in [3.63, 3.8) is 0 Å². The van der Waals surface area contributed by atoms with E-state index in [4.69, 9.17) is 5.73 Å². The van der Waals surface area contributed by atoms with Gasteiger partial charge in [0, 0.05) is 32.2 Å². The molecule has 0 bridgehead atoms. The van der Waals surface area contributed by atoms with Gasteiger partial charge in [0.25, 0.3) is 10.2 Å². The number of rotatable bonds is 3. The Labute approximate surface area is 117 Å². The monoisotopic (exact) mass is 289 g/mol. The normalized spacial score (nSPS) is 34.6. The van der Waals surface area contributed by atoms with Gasteiger partial charge in [-0.1, -0.05) is 19.8 Å². The summed E-state index contributed by atoms with van der Waals surface area (Å²) in [4.78, 5) is 0. The van der Waals surface area contributed by atoms with Crippen molar-refractivity contribution in [2.45, 2.75) is 57.5 Å². The molecule has 0 aromatic heterocycles. The van der Waals surface area contributed by atoms with Crippen molar-refractivity contribution < 1.29 is 8.42 Å². The first kappa shape index (κ1) is 15.2. The highest BCUT2D eigenvalue weighted by molar-refractivity contribution is 7.86. The number of nitrogens with zero attached hydrogens (tertiary/aromatic N) is 2. The fourth-order valence-corrected chi connectivity index (χ4v) is 5.07. The number of hydrogen-bond acceptors (Lipinski definition) is 3. The molecule has 0 aromatic rings. The largest absolute Gasteiger partial charge is 0.326 e. The third kappa shape index (κ3) is 3.29. The van der Waals surface area contributed by atoms with Gasteiger partial charge in [-0.2, -0.15) is 17.0 Å². The Morgan fingerprint density at radius 3 is 2.47 bits per heavy atom. The molecule has 0 spiro atoms. The molecule has 0 amide bonds. The summed E-state index contributed by atoms with van der Waals surface area (Å²) in [7, 11) is -1.64. The predicted octanol–water partition coefficient (Wildman–Crippen LogP) is 1.16. The zero-order chi connectivity index (χ0) is 14.0. The van der Waals surface area contributed by atoms with Gasteiger partial charge < -0.3 is 5.73 Å². The topological polar surface area (TPSA) is 66.6 Å². The molecule has 5 nitrogen and oxygen atoms in total. The Morgan fingerprint density at radius 1 is 1.16 bits per heavy atom. The summed E-state index contributed by atoms with van der Waals surface area (Å²) in [6.45, 7) is 3.42. The minimum atomic E-state index is -3.34. The second-order valence-electron chi connectivity index (χ2n) is 6.15. The molecule has 19 heavy (non-hydrogen) atoms. The molecule has 1 heterocycles. The minimum absolute atomic E-state index is 0.0178. The van der Waals surface area contributed by atoms with Crippen LogP contribution in [0.3, 0.4) is 0 Å². The lowest BCUT2D eigenvalue weighted by atomic mass is 9.91. The van der Waals surface area contributed by atoms with Crippen LogP contribution < -0.4 is 5.73 Å². The van der Waals surface area contributed by atoms with Crippen LogP contribution in [-0.4, -0.2) is 49.2 Å². The third-order valence-corrected chi connectivity index (χ3v) is 6.54. The van der Waals surface area contributed by atoms with E-state index in [2.05, 4.69) is 6.92 Å². The van der Waals surface area contributed by atoms with Crippen LogP contribution >= 0.6 is 0 Å². The van der Waals surface area contributed by atoms with E-state index in [-0.39, 0.29) is 12.1 Å². The quantitative estimate of drug-likeness (QED) is 0.848. The van der Waals surface area contributed by atoms with Crippen molar-refractivity contribution >= 4 is 10.2 Å². The first-order valence-corrected chi connectivity index (χ1v) is 8.81. The molecular weight excluding hydrogens is 262 g/mol. The van der Waals surface area contributed by atoms with Gasteiger partial charge in [-0.3, -0.25) is 0 Å². The van der Waals surface area contributed by atoms with Crippen LogP contribution in [0.25, 0.3) is 0 Å². The molecule has 1 aliphatic carbocycles. The lowest BCUT2D eigenvalue weighted by Crippen LogP contribution is -2.55. The van der Waals surface area contributed by atoms with Crippen molar-refractivity contribution in [3.8, 4) is 0 Å². The first-order valence-electron chi connectivity index (χ1n) is 7.41. The van der Waals surface area contributed by atoms with E-state index in [0.717, 1.165) is 38.5 Å². The zero-order valence-electron chi connectivity index (χ0n) is 12.1. The van der Waals surface area contributed by atoms with E-state index in [0.29, 0.717) is 19.0 Å². The second-order valence-corrected chi connectivity index (χ2v) is 8.13. The van der Waals surface area contributed by atoms with Crippen LogP contribution in [-0.2, 0) is 10.2 Å². The SMILES string of the molecule is CC1CCCN(S(=O)(=O)N(C)C2CCCCC2N)C1. The summed E-state index contributed by atoms with van der Waals surface area (Å²) in [5.74, 6) is 0.456. The number of hydrogen-bond donors (Lipinski definition) is 1. The molecule has 1 aliphatic heterocycles. The maximum atomic E-state index is 12.7. The smallest absolute Gasteiger partial charge is 0.282 e. The Kier molecular flexibility index (Phi) is 4.87. The molecule has 6 heteroatoms. The van der Waals surface area contributed by atoms with Crippen molar-refractivity contribution in [2.75, 3.05) is 20.1 Å². The highest BCUT2D eigenvalue weighted by atomic mass is 32.2. The summed E-state index contributed by atoms with van der Waals surface area (Å²) in [5.41, 5.74) is 6.11. The predicted molar refractivity (Wildman–Crippen MR) is 76.9 cm³/mol. The first-order chi connectivity index (χ1) is 8.93. The van der Waals surface area contributed by atoms with Crippen LogP contribution in [0.2, 0.25) is 0 Å². The van der Waals surface area contributed by atoms with E-state index in [1.54, 1.807) is 11.4 Å². The summed E-state index contributed by atoms with van der Waals surface area (Å²) in [6.07, 6.45) is 6.10. The summed E-state index contributed by atoms with van der Waals surface area (Å²) in [6, 6.07) is -0.0493. The van der Waals surface area contributed by atoms with Crippen molar-refractivity contribution in [2.24, 2.45) is 11.7 Å². The Morgan fingerprint density at radius 2 is 1.84 bits per heavy atom. The number of likely N-dealkylation sites (N-methyl/N-ethyl adjacent to an activating group) is 1. The molecule has 112 valence electrons. The molecule has 2 rings (SSSR count). The maximum absolute atomic E-state index is 12.7. The van der Waals surface area contributed by atoms with Crippen molar-refractivity contribution in [1.82, 2.24) is 8.61 Å². The molecule has 2 fully saturated rings. The highest BCUT2D eigenvalue weighted by Crippen LogP contribution is 2.26. The van der Waals surface area contributed by atoms with E-state index in [9.17, 15) is 8.42 Å². The molecule has 0 radical (unpaired) electrons. The van der Waals surface area contributed by atoms with Crippen LogP contribution in [0.15, 0.2) is 0 Å². The van der Waals surface area contributed by atoms with E-state index >= 15 is 0 Å². The molecular formula is C13H27N3O2S. The van der Waals surface area contributed by atoms with Gasteiger partial charge in [-0.25, -0.2) is 0 Å². The molecule has 1 saturated carbocycles. The Bertz CT molecular complexity index is 399. The second kappa shape index (κ2) is 6.08. The maximum Gasteiger partial charge on any atom is 0.282 e. The lowest BCUT2D eigenvalue weighted by molar-refractivity contribution is 0.217. The van der Waals surface area contributed by atoms with Gasteiger partial charge in [-0.15, -0.1) is 0 Å². The minimum Gasteiger partial charge on any atom is -0.326 e. The van der Waals surface area contributed by atoms with Gasteiger partial charge in [0.2, 0.25) is 0 Å². The average molecular weight is 289 g/mol. The number of piperidine rings is 1. The molecule has 2 aliphatic rings. The zero-order valence-corrected chi connectivity index (χ0v) is 12.9. The number of nitrogens with two attached hydrogens (primary N) is 1. The molecule has 2 N–H and O–H groups in total. The van der Waals surface area contributed by atoms with Gasteiger partial charge in [-0.05, 0) is 31.6 Å². The van der Waals surface area contributed by atoms with Crippen LogP contribution in [0.5, 0.6) is 0 Å². The molecule has 3 unspecified atom stereocenters. The molecule has 1 saturated heterocycles. The highest BCUT2D eigenvalue weighted by Gasteiger charge is 2.37. The van der Waals surface area contributed by atoms with Gasteiger partial charge in [0.1, 0.15) is 0 Å². The van der Waals surface area contributed by atoms with Crippen LogP contribution in [0, 0.1) is 5.92 Å². The van der Waals surface area contributed by atoms with Gasteiger partial charge in [0.05, 0.1) is 0 Å². The summed E-state index contributed by atoms with van der Waals surface area (Å²) >= 11 is 0. The van der Waals surface area contributed by atoms with Gasteiger partial charge >= 0.3 is 0 Å². The average Bonchev–Trinajstić information content (AvgIpc) is 2.38. The Balaban J connectivity index is 2.09. The molecule has 0 aromatic carbocycles. The van der Waals surface area contributed by atoms with Gasteiger partial charge in [0.15, 0.2) is 0 Å². The van der Waals surface area contributed by atoms with E-state index in [1.165, 1.54) is 4.31 Å². The third-order valence-electron chi connectivity index (χ3n) is 4.56. The van der Waals surface area contributed by atoms with E-state index < -0.39 is 10.2 Å². The fourth-order valence-electron chi connectivity index (χ4n) is 3.30. The fraction of sp³-hybridized carbons (Fsp3) is 1.00. The lowest BCUT2D eigenvalue weighted by Gasteiger charge is -2.39.